The van der Waals surface area contributed by atoms with Gasteiger partial charge in [0.25, 0.3) is 11.5 Å². The summed E-state index contributed by atoms with van der Waals surface area (Å²) >= 11 is 0. The third-order valence-electron chi connectivity index (χ3n) is 5.53. The Morgan fingerprint density at radius 1 is 1.00 bits per heavy atom. The lowest BCUT2D eigenvalue weighted by atomic mass is 9.98. The highest BCUT2D eigenvalue weighted by Crippen LogP contribution is 2.25. The van der Waals surface area contributed by atoms with Crippen molar-refractivity contribution in [2.45, 2.75) is 31.8 Å². The van der Waals surface area contributed by atoms with Gasteiger partial charge in [-0.05, 0) is 43.0 Å². The molecular weight excluding hydrogens is 444 g/mol. The molecular formula is C27H30N4O4. The first-order chi connectivity index (χ1) is 16.9. The van der Waals surface area contributed by atoms with Crippen molar-refractivity contribution in [2.75, 3.05) is 13.7 Å². The molecule has 35 heavy (non-hydrogen) atoms. The summed E-state index contributed by atoms with van der Waals surface area (Å²) in [6.45, 7) is 2.10. The summed E-state index contributed by atoms with van der Waals surface area (Å²) in [6.07, 6.45) is 2.47. The molecule has 0 saturated carbocycles. The molecule has 2 aromatic carbocycles. The number of hydrogen-bond acceptors (Lipinski definition) is 5. The van der Waals surface area contributed by atoms with E-state index in [-0.39, 0.29) is 5.56 Å². The number of nitrogens with one attached hydrogen (secondary N) is 1. The Balaban J connectivity index is 1.91. The molecule has 1 amide bonds. The number of nitrogens with two attached hydrogens (primary N) is 1. The van der Waals surface area contributed by atoms with Crippen LogP contribution in [0.4, 0.5) is 0 Å². The first kappa shape index (κ1) is 25.4. The molecule has 3 aromatic rings. The maximum Gasteiger partial charge on any atom is 0.328 e. The second kappa shape index (κ2) is 12.3. The van der Waals surface area contributed by atoms with Crippen LogP contribution in [0, 0.1) is 0 Å². The second-order valence-corrected chi connectivity index (χ2v) is 8.07. The summed E-state index contributed by atoms with van der Waals surface area (Å²) in [7, 11) is 1.25. The lowest BCUT2D eigenvalue weighted by molar-refractivity contribution is -0.143. The molecule has 3 N–H and O–H groups in total. The Labute approximate surface area is 204 Å². The number of amidine groups is 1. The van der Waals surface area contributed by atoms with Gasteiger partial charge in [-0.3, -0.25) is 14.6 Å². The smallest absolute Gasteiger partial charge is 0.328 e. The van der Waals surface area contributed by atoms with Crippen LogP contribution in [0.3, 0.4) is 0 Å². The third-order valence-corrected chi connectivity index (χ3v) is 5.53. The van der Waals surface area contributed by atoms with Crippen LogP contribution in [0.15, 0.2) is 88.8 Å². The van der Waals surface area contributed by atoms with Crippen LogP contribution in [0.5, 0.6) is 0 Å². The first-order valence-corrected chi connectivity index (χ1v) is 11.4. The summed E-state index contributed by atoms with van der Waals surface area (Å²) in [4.78, 5) is 43.0. The van der Waals surface area contributed by atoms with Gasteiger partial charge < -0.3 is 20.4 Å². The number of carbonyl (C=O) groups is 2. The zero-order valence-electron chi connectivity index (χ0n) is 19.9. The van der Waals surface area contributed by atoms with Crippen molar-refractivity contribution in [3.8, 4) is 0 Å². The van der Waals surface area contributed by atoms with Crippen LogP contribution in [0.25, 0.3) is 0 Å². The van der Waals surface area contributed by atoms with Crippen LogP contribution < -0.4 is 16.6 Å². The highest BCUT2D eigenvalue weighted by Gasteiger charge is 2.25. The zero-order valence-corrected chi connectivity index (χ0v) is 19.9. The van der Waals surface area contributed by atoms with E-state index in [9.17, 15) is 14.4 Å². The monoisotopic (exact) mass is 474 g/mol. The summed E-state index contributed by atoms with van der Waals surface area (Å²) in [5.41, 5.74) is 6.83. The molecule has 0 aliphatic rings. The van der Waals surface area contributed by atoms with E-state index in [1.165, 1.54) is 17.7 Å². The number of benzene rings is 2. The van der Waals surface area contributed by atoms with Crippen LogP contribution >= 0.6 is 0 Å². The maximum atomic E-state index is 13.5. The molecule has 3 rings (SSSR count). The minimum atomic E-state index is -0.909. The lowest BCUT2D eigenvalue weighted by Gasteiger charge is -2.22. The molecule has 1 atom stereocenters. The van der Waals surface area contributed by atoms with Crippen molar-refractivity contribution in [3.63, 3.8) is 0 Å². The Hall–Kier alpha value is -4.20. The van der Waals surface area contributed by atoms with Crippen molar-refractivity contribution < 1.29 is 14.3 Å². The summed E-state index contributed by atoms with van der Waals surface area (Å²) in [5.74, 6) is -0.785. The van der Waals surface area contributed by atoms with E-state index in [2.05, 4.69) is 10.3 Å². The Kier molecular flexibility index (Phi) is 8.95. The molecule has 8 nitrogen and oxygen atoms in total. The highest BCUT2D eigenvalue weighted by molar-refractivity contribution is 5.96. The van der Waals surface area contributed by atoms with Crippen molar-refractivity contribution in [3.05, 3.63) is 106 Å². The number of carbonyl (C=O) groups excluding carboxylic acids is 2. The van der Waals surface area contributed by atoms with Crippen molar-refractivity contribution in [1.29, 1.82) is 0 Å². The van der Waals surface area contributed by atoms with E-state index in [4.69, 9.17) is 10.5 Å². The summed E-state index contributed by atoms with van der Waals surface area (Å²) in [5, 5.41) is 2.65. The van der Waals surface area contributed by atoms with Gasteiger partial charge in [0.15, 0.2) is 0 Å². The molecule has 0 unspecified atom stereocenters. The average molecular weight is 475 g/mol. The van der Waals surface area contributed by atoms with Gasteiger partial charge in [-0.2, -0.15) is 0 Å². The van der Waals surface area contributed by atoms with Gasteiger partial charge in [0.2, 0.25) is 0 Å². The Morgan fingerprint density at radius 3 is 2.14 bits per heavy atom. The van der Waals surface area contributed by atoms with Crippen LogP contribution in [-0.4, -0.2) is 42.0 Å². The number of methoxy groups -OCH3 is 1. The standard InChI is InChI=1S/C27H30N4O4/c1-19(28)29-17-9-16-23(27(34)35-2)30-25(32)22-15-10-18-31(26(22)33)24(20-11-5-3-6-12-20)21-13-7-4-8-14-21/h3-8,10-15,18,23-24H,9,16-17H2,1-2H3,(H2,28,29)(H,30,32)/t23-/m1/s1. The van der Waals surface area contributed by atoms with E-state index in [0.29, 0.717) is 25.2 Å². The highest BCUT2D eigenvalue weighted by atomic mass is 16.5. The van der Waals surface area contributed by atoms with E-state index in [0.717, 1.165) is 11.1 Å². The molecule has 0 saturated heterocycles. The SMILES string of the molecule is COC(=O)[C@@H](CCCN=C(C)N)NC(=O)c1cccn(C(c2ccccc2)c2ccccc2)c1=O. The number of nitrogens with zero attached hydrogens (tertiary/aromatic N) is 2. The first-order valence-electron chi connectivity index (χ1n) is 11.4. The van der Waals surface area contributed by atoms with Crippen molar-refractivity contribution in [1.82, 2.24) is 9.88 Å². The topological polar surface area (TPSA) is 116 Å². The van der Waals surface area contributed by atoms with Gasteiger partial charge in [-0.25, -0.2) is 4.79 Å². The van der Waals surface area contributed by atoms with Crippen molar-refractivity contribution in [2.24, 2.45) is 10.7 Å². The van der Waals surface area contributed by atoms with Gasteiger partial charge >= 0.3 is 5.97 Å². The normalized spacial score (nSPS) is 12.3. The Morgan fingerprint density at radius 2 is 1.60 bits per heavy atom. The number of aromatic nitrogens is 1. The fourth-order valence-electron chi connectivity index (χ4n) is 3.85. The van der Waals surface area contributed by atoms with Crippen LogP contribution in [-0.2, 0) is 9.53 Å². The number of rotatable bonds is 10. The van der Waals surface area contributed by atoms with Gasteiger partial charge in [0.05, 0.1) is 19.0 Å². The predicted molar refractivity (Wildman–Crippen MR) is 135 cm³/mol. The molecule has 0 fully saturated rings. The molecule has 0 bridgehead atoms. The van der Waals surface area contributed by atoms with Crippen LogP contribution in [0.1, 0.15) is 47.3 Å². The minimum Gasteiger partial charge on any atom is -0.467 e. The maximum absolute atomic E-state index is 13.5. The van der Waals surface area contributed by atoms with Gasteiger partial charge in [0.1, 0.15) is 11.6 Å². The number of hydrogen-bond donors (Lipinski definition) is 2. The quantitative estimate of drug-likeness (QED) is 0.203. The van der Waals surface area contributed by atoms with Gasteiger partial charge in [-0.1, -0.05) is 60.7 Å². The zero-order chi connectivity index (χ0) is 25.2. The predicted octanol–water partition coefficient (Wildman–Crippen LogP) is 2.91. The third kappa shape index (κ3) is 6.66. The number of amides is 1. The number of ether oxygens (including phenoxy) is 1. The van der Waals surface area contributed by atoms with E-state index in [1.54, 1.807) is 19.2 Å². The fourth-order valence-corrected chi connectivity index (χ4v) is 3.85. The van der Waals surface area contributed by atoms with Gasteiger partial charge in [-0.15, -0.1) is 0 Å². The molecule has 0 spiro atoms. The molecule has 0 aliphatic carbocycles. The molecule has 8 heteroatoms. The lowest BCUT2D eigenvalue weighted by Crippen LogP contribution is -2.44. The van der Waals surface area contributed by atoms with Crippen LogP contribution in [0.2, 0.25) is 0 Å². The van der Waals surface area contributed by atoms with Crippen molar-refractivity contribution >= 4 is 17.7 Å². The Bertz CT molecular complexity index is 1180. The van der Waals surface area contributed by atoms with E-state index >= 15 is 0 Å². The largest absolute Gasteiger partial charge is 0.467 e. The summed E-state index contributed by atoms with van der Waals surface area (Å²) < 4.78 is 6.37. The second-order valence-electron chi connectivity index (χ2n) is 8.07. The van der Waals surface area contributed by atoms with Gasteiger partial charge in [0, 0.05) is 12.7 Å². The summed E-state index contributed by atoms with van der Waals surface area (Å²) in [6, 6.07) is 21.0. The average Bonchev–Trinajstić information content (AvgIpc) is 2.87. The molecule has 0 radical (unpaired) electrons. The van der Waals surface area contributed by atoms with E-state index in [1.807, 2.05) is 60.7 Å². The molecule has 182 valence electrons. The van der Waals surface area contributed by atoms with E-state index < -0.39 is 29.5 Å². The molecule has 0 aliphatic heterocycles. The molecule has 1 heterocycles. The fraction of sp³-hybridized carbons (Fsp3) is 0.259. The number of pyridine rings is 1. The molecule has 1 aromatic heterocycles. The minimum absolute atomic E-state index is 0.0610. The number of esters is 1. The number of aliphatic imine (C=N–C) groups is 1.